The van der Waals surface area contributed by atoms with Gasteiger partial charge in [-0.1, -0.05) is 50.0 Å². The van der Waals surface area contributed by atoms with Crippen LogP contribution in [-0.4, -0.2) is 20.7 Å². The van der Waals surface area contributed by atoms with Crippen molar-refractivity contribution in [3.05, 3.63) is 35.9 Å². The molecule has 3 nitrogen and oxygen atoms in total. The van der Waals surface area contributed by atoms with E-state index in [1.165, 1.54) is 0 Å². The predicted molar refractivity (Wildman–Crippen MR) is 71.2 cm³/mol. The Morgan fingerprint density at radius 2 is 1.83 bits per heavy atom. The first-order valence-electron chi connectivity index (χ1n) is 5.95. The van der Waals surface area contributed by atoms with Crippen molar-refractivity contribution in [1.29, 1.82) is 0 Å². The summed E-state index contributed by atoms with van der Waals surface area (Å²) in [4.78, 5) is 11.8. The van der Waals surface area contributed by atoms with Gasteiger partial charge in [0.05, 0.1) is 6.61 Å². The molecule has 0 aliphatic rings. The summed E-state index contributed by atoms with van der Waals surface area (Å²) in [5.74, 6) is -0.227. The fraction of sp³-hybridized carbons (Fsp3) is 0.462. The first-order chi connectivity index (χ1) is 7.90. The van der Waals surface area contributed by atoms with E-state index in [2.05, 4.69) is 25.4 Å². The number of rotatable bonds is 5. The number of quaternary nitrogens is 1. The van der Waals surface area contributed by atoms with Crippen LogP contribution in [0.15, 0.2) is 30.3 Å². The van der Waals surface area contributed by atoms with Gasteiger partial charge in [-0.3, -0.25) is 0 Å². The van der Waals surface area contributed by atoms with Crippen molar-refractivity contribution in [3.8, 4) is 0 Å². The number of halogens is 1. The Hall–Kier alpha value is -0.843. The molecule has 0 saturated carbocycles. The Morgan fingerprint density at radius 1 is 1.28 bits per heavy atom. The lowest BCUT2D eigenvalue weighted by Gasteiger charge is -2.16. The molecule has 0 aliphatic carbocycles. The Labute approximate surface area is 116 Å². The van der Waals surface area contributed by atoms with E-state index >= 15 is 0 Å². The Kier molecular flexibility index (Phi) is 7.21. The molecule has 0 radical (unpaired) electrons. The second kappa shape index (κ2) is 7.56. The minimum atomic E-state index is -1.14. The maximum Gasteiger partial charge on any atom is 0.369 e. The second-order valence-corrected chi connectivity index (χ2v) is 11.1. The number of carbonyl (C=O) groups excluding carboxylic acids is 1. The van der Waals surface area contributed by atoms with Gasteiger partial charge < -0.3 is 22.9 Å². The van der Waals surface area contributed by atoms with E-state index in [4.69, 9.17) is 4.74 Å². The van der Waals surface area contributed by atoms with Crippen molar-refractivity contribution in [3.63, 3.8) is 0 Å². The van der Waals surface area contributed by atoms with Gasteiger partial charge in [-0.2, -0.15) is 0 Å². The largest absolute Gasteiger partial charge is 1.00 e. The van der Waals surface area contributed by atoms with E-state index < -0.39 is 14.1 Å². The number of ether oxygens (including phenoxy) is 1. The Bertz CT molecular complexity index is 365. The minimum Gasteiger partial charge on any atom is -1.00 e. The summed E-state index contributed by atoms with van der Waals surface area (Å²) in [7, 11) is -1.14. The molecule has 0 aromatic heterocycles. The number of carbonyl (C=O) groups is 1. The van der Waals surface area contributed by atoms with Gasteiger partial charge in [0.2, 0.25) is 6.04 Å². The molecular weight excluding hydrogens is 266 g/mol. The topological polar surface area (TPSA) is 53.9 Å². The normalized spacial score (nSPS) is 12.4. The van der Waals surface area contributed by atoms with Gasteiger partial charge in [-0.25, -0.2) is 4.79 Å². The summed E-state index contributed by atoms with van der Waals surface area (Å²) in [5.41, 5.74) is 4.77. The van der Waals surface area contributed by atoms with Gasteiger partial charge in [0.25, 0.3) is 0 Å². The number of esters is 1. The van der Waals surface area contributed by atoms with Crippen LogP contribution in [0.1, 0.15) is 11.6 Å². The smallest absolute Gasteiger partial charge is 0.369 e. The van der Waals surface area contributed by atoms with Crippen LogP contribution >= 0.6 is 0 Å². The van der Waals surface area contributed by atoms with Crippen molar-refractivity contribution in [1.82, 2.24) is 0 Å². The molecule has 0 unspecified atom stereocenters. The van der Waals surface area contributed by atoms with E-state index in [9.17, 15) is 4.79 Å². The van der Waals surface area contributed by atoms with Gasteiger partial charge in [0, 0.05) is 13.6 Å². The SMILES string of the molecule is C[Si](C)(C)CCOC(=O)[C@H]([NH3+])c1ccccc1.[Cl-]. The quantitative estimate of drug-likeness (QED) is 0.550. The molecule has 0 heterocycles. The Morgan fingerprint density at radius 3 is 2.33 bits per heavy atom. The van der Waals surface area contributed by atoms with Crippen molar-refractivity contribution in [2.45, 2.75) is 31.7 Å². The fourth-order valence-electron chi connectivity index (χ4n) is 1.38. The molecule has 0 bridgehead atoms. The molecule has 3 N–H and O–H groups in total. The first-order valence-corrected chi connectivity index (χ1v) is 9.65. The summed E-state index contributed by atoms with van der Waals surface area (Å²) in [6, 6.07) is 10.1. The predicted octanol–water partition coefficient (Wildman–Crippen LogP) is -1.14. The van der Waals surface area contributed by atoms with Crippen LogP contribution in [0.5, 0.6) is 0 Å². The fourth-order valence-corrected chi connectivity index (χ4v) is 2.09. The van der Waals surface area contributed by atoms with Gasteiger partial charge in [-0.05, 0) is 6.04 Å². The van der Waals surface area contributed by atoms with Crippen molar-refractivity contribution in [2.24, 2.45) is 0 Å². The number of hydrogen-bond donors (Lipinski definition) is 1. The highest BCUT2D eigenvalue weighted by atomic mass is 35.5. The van der Waals surface area contributed by atoms with E-state index in [0.29, 0.717) is 6.61 Å². The van der Waals surface area contributed by atoms with Crippen LogP contribution in [0.4, 0.5) is 0 Å². The summed E-state index contributed by atoms with van der Waals surface area (Å²) in [5, 5.41) is 0. The van der Waals surface area contributed by atoms with Crippen LogP contribution in [0.25, 0.3) is 0 Å². The van der Waals surface area contributed by atoms with Crippen LogP contribution in [0.3, 0.4) is 0 Å². The van der Waals surface area contributed by atoms with E-state index in [1.54, 1.807) is 0 Å². The van der Waals surface area contributed by atoms with Crippen molar-refractivity contribution in [2.75, 3.05) is 6.61 Å². The lowest BCUT2D eigenvalue weighted by molar-refractivity contribution is -0.414. The molecule has 0 spiro atoms. The molecule has 1 aromatic carbocycles. The van der Waals surface area contributed by atoms with E-state index in [0.717, 1.165) is 11.6 Å². The highest BCUT2D eigenvalue weighted by Gasteiger charge is 2.22. The molecule has 0 aliphatic heterocycles. The zero-order chi connectivity index (χ0) is 12.9. The highest BCUT2D eigenvalue weighted by Crippen LogP contribution is 2.11. The second-order valence-electron chi connectivity index (χ2n) is 5.44. The van der Waals surface area contributed by atoms with Crippen LogP contribution in [0.2, 0.25) is 25.7 Å². The van der Waals surface area contributed by atoms with Crippen molar-refractivity contribution >= 4 is 14.0 Å². The molecular formula is C13H22ClNO2Si. The summed E-state index contributed by atoms with van der Waals surface area (Å²) < 4.78 is 5.27. The average molecular weight is 288 g/mol. The zero-order valence-corrected chi connectivity index (χ0v) is 13.0. The van der Waals surface area contributed by atoms with Crippen LogP contribution < -0.4 is 18.1 Å². The van der Waals surface area contributed by atoms with E-state index in [-0.39, 0.29) is 18.4 Å². The zero-order valence-electron chi connectivity index (χ0n) is 11.3. The molecule has 0 amide bonds. The molecule has 1 rings (SSSR count). The van der Waals surface area contributed by atoms with Crippen LogP contribution in [-0.2, 0) is 9.53 Å². The lowest BCUT2D eigenvalue weighted by Crippen LogP contribution is -3.00. The number of hydrogen-bond acceptors (Lipinski definition) is 2. The third-order valence-corrected chi connectivity index (χ3v) is 4.29. The molecule has 1 atom stereocenters. The maximum absolute atomic E-state index is 11.8. The summed E-state index contributed by atoms with van der Waals surface area (Å²) in [6.07, 6.45) is 0. The van der Waals surface area contributed by atoms with Gasteiger partial charge in [-0.15, -0.1) is 0 Å². The molecule has 102 valence electrons. The average Bonchev–Trinajstić information content (AvgIpc) is 2.27. The van der Waals surface area contributed by atoms with Gasteiger partial charge >= 0.3 is 5.97 Å². The third kappa shape index (κ3) is 6.19. The van der Waals surface area contributed by atoms with Crippen molar-refractivity contribution < 1.29 is 27.7 Å². The molecule has 5 heteroatoms. The monoisotopic (exact) mass is 287 g/mol. The first kappa shape index (κ1) is 17.2. The Balaban J connectivity index is 0.00000289. The summed E-state index contributed by atoms with van der Waals surface area (Å²) in [6.45, 7) is 7.31. The van der Waals surface area contributed by atoms with Gasteiger partial charge in [0.15, 0.2) is 0 Å². The lowest BCUT2D eigenvalue weighted by atomic mass is 10.1. The third-order valence-electron chi connectivity index (χ3n) is 2.58. The molecule has 0 saturated heterocycles. The minimum absolute atomic E-state index is 0. The van der Waals surface area contributed by atoms with E-state index in [1.807, 2.05) is 30.3 Å². The molecule has 0 fully saturated rings. The number of benzene rings is 1. The maximum atomic E-state index is 11.8. The van der Waals surface area contributed by atoms with Gasteiger partial charge in [0.1, 0.15) is 0 Å². The standard InChI is InChI=1S/C13H21NO2Si.ClH/c1-17(2,3)10-9-16-13(15)12(14)11-7-5-4-6-8-11;/h4-8,12H,9-10,14H2,1-3H3;1H/t12-;/m1./s1. The summed E-state index contributed by atoms with van der Waals surface area (Å²) >= 11 is 0. The molecule has 1 aromatic rings. The molecule has 18 heavy (non-hydrogen) atoms. The highest BCUT2D eigenvalue weighted by molar-refractivity contribution is 6.76. The van der Waals surface area contributed by atoms with Crippen LogP contribution in [0, 0.1) is 0 Å².